The second-order valence-corrected chi connectivity index (χ2v) is 4.00. The lowest BCUT2D eigenvalue weighted by Crippen LogP contribution is -2.08. The number of para-hydroxylation sites is 1. The Kier molecular flexibility index (Phi) is 4.08. The van der Waals surface area contributed by atoms with Gasteiger partial charge in [0.15, 0.2) is 5.75 Å². The summed E-state index contributed by atoms with van der Waals surface area (Å²) >= 11 is 5.98. The lowest BCUT2D eigenvalue weighted by atomic mass is 10.2. The highest BCUT2D eigenvalue weighted by Gasteiger charge is 2.06. The fourth-order valence-electron chi connectivity index (χ4n) is 1.17. The molecule has 0 aromatic heterocycles. The Labute approximate surface area is 90.2 Å². The first-order valence-corrected chi connectivity index (χ1v) is 5.09. The van der Waals surface area contributed by atoms with Crippen molar-refractivity contribution >= 4 is 17.3 Å². The second kappa shape index (κ2) is 5.11. The molecule has 0 unspecified atom stereocenters. The predicted octanol–water partition coefficient (Wildman–Crippen LogP) is 3.42. The molecule has 1 rings (SSSR count). The zero-order valence-electron chi connectivity index (χ0n) is 8.80. The van der Waals surface area contributed by atoms with E-state index in [-0.39, 0.29) is 0 Å². The molecule has 2 nitrogen and oxygen atoms in total. The molecule has 0 bridgehead atoms. The summed E-state index contributed by atoms with van der Waals surface area (Å²) in [5.74, 6) is 1.31. The Bertz CT molecular complexity index is 299. The van der Waals surface area contributed by atoms with E-state index in [1.165, 1.54) is 0 Å². The fraction of sp³-hybridized carbons (Fsp3) is 0.455. The molecule has 0 aliphatic carbocycles. The van der Waals surface area contributed by atoms with Crippen LogP contribution in [-0.2, 0) is 0 Å². The van der Waals surface area contributed by atoms with E-state index in [2.05, 4.69) is 19.2 Å². The zero-order valence-corrected chi connectivity index (χ0v) is 9.56. The monoisotopic (exact) mass is 213 g/mol. The van der Waals surface area contributed by atoms with E-state index in [4.69, 9.17) is 16.3 Å². The van der Waals surface area contributed by atoms with Crippen LogP contribution in [0.25, 0.3) is 0 Å². The average molecular weight is 214 g/mol. The summed E-state index contributed by atoms with van der Waals surface area (Å²) in [5.41, 5.74) is 0.953. The van der Waals surface area contributed by atoms with Crippen molar-refractivity contribution in [3.8, 4) is 5.75 Å². The molecule has 0 fully saturated rings. The van der Waals surface area contributed by atoms with Crippen molar-refractivity contribution in [3.05, 3.63) is 23.2 Å². The van der Waals surface area contributed by atoms with Gasteiger partial charge < -0.3 is 10.1 Å². The SMILES string of the molecule is COc1c(Cl)cccc1NCC(C)C. The number of rotatable bonds is 4. The van der Waals surface area contributed by atoms with E-state index in [0.717, 1.165) is 18.0 Å². The molecule has 0 saturated heterocycles. The summed E-state index contributed by atoms with van der Waals surface area (Å²) in [4.78, 5) is 0. The fourth-order valence-corrected chi connectivity index (χ4v) is 1.42. The maximum absolute atomic E-state index is 5.98. The van der Waals surface area contributed by atoms with Gasteiger partial charge in [-0.3, -0.25) is 0 Å². The van der Waals surface area contributed by atoms with Gasteiger partial charge in [-0.15, -0.1) is 0 Å². The smallest absolute Gasteiger partial charge is 0.160 e. The molecule has 0 radical (unpaired) electrons. The third-order valence-electron chi connectivity index (χ3n) is 1.87. The summed E-state index contributed by atoms with van der Waals surface area (Å²) in [6, 6.07) is 5.70. The van der Waals surface area contributed by atoms with Crippen molar-refractivity contribution in [1.29, 1.82) is 0 Å². The van der Waals surface area contributed by atoms with Crippen molar-refractivity contribution in [2.45, 2.75) is 13.8 Å². The van der Waals surface area contributed by atoms with Crippen LogP contribution in [0.1, 0.15) is 13.8 Å². The summed E-state index contributed by atoms with van der Waals surface area (Å²) in [6.07, 6.45) is 0. The highest BCUT2D eigenvalue weighted by atomic mass is 35.5. The molecule has 3 heteroatoms. The topological polar surface area (TPSA) is 21.3 Å². The largest absolute Gasteiger partial charge is 0.493 e. The summed E-state index contributed by atoms with van der Waals surface area (Å²) in [6.45, 7) is 5.23. The molecule has 0 saturated carbocycles. The van der Waals surface area contributed by atoms with Crippen LogP contribution >= 0.6 is 11.6 Å². The number of nitrogens with one attached hydrogen (secondary N) is 1. The Morgan fingerprint density at radius 3 is 2.71 bits per heavy atom. The molecule has 1 N–H and O–H groups in total. The van der Waals surface area contributed by atoms with Gasteiger partial charge in [-0.25, -0.2) is 0 Å². The van der Waals surface area contributed by atoms with Crippen molar-refractivity contribution in [3.63, 3.8) is 0 Å². The molecule has 0 amide bonds. The van der Waals surface area contributed by atoms with E-state index >= 15 is 0 Å². The minimum atomic E-state index is 0.596. The number of anilines is 1. The maximum Gasteiger partial charge on any atom is 0.160 e. The molecule has 1 aromatic carbocycles. The third kappa shape index (κ3) is 2.81. The molecule has 1 aromatic rings. The van der Waals surface area contributed by atoms with E-state index < -0.39 is 0 Å². The third-order valence-corrected chi connectivity index (χ3v) is 2.17. The molecular weight excluding hydrogens is 198 g/mol. The summed E-state index contributed by atoms with van der Waals surface area (Å²) in [7, 11) is 1.63. The van der Waals surface area contributed by atoms with Crippen LogP contribution in [0.4, 0.5) is 5.69 Å². The second-order valence-electron chi connectivity index (χ2n) is 3.60. The number of benzene rings is 1. The zero-order chi connectivity index (χ0) is 10.6. The van der Waals surface area contributed by atoms with E-state index in [9.17, 15) is 0 Å². The Morgan fingerprint density at radius 1 is 1.43 bits per heavy atom. The quantitative estimate of drug-likeness (QED) is 0.828. The van der Waals surface area contributed by atoms with E-state index in [1.54, 1.807) is 7.11 Å². The number of methoxy groups -OCH3 is 1. The van der Waals surface area contributed by atoms with Gasteiger partial charge in [-0.2, -0.15) is 0 Å². The Morgan fingerprint density at radius 2 is 2.14 bits per heavy atom. The van der Waals surface area contributed by atoms with E-state index in [1.807, 2.05) is 18.2 Å². The molecule has 78 valence electrons. The molecule has 0 heterocycles. The number of hydrogen-bond acceptors (Lipinski definition) is 2. The van der Waals surface area contributed by atoms with Gasteiger partial charge >= 0.3 is 0 Å². The van der Waals surface area contributed by atoms with Crippen LogP contribution in [0.2, 0.25) is 5.02 Å². The standard InChI is InChI=1S/C11H16ClNO/c1-8(2)7-13-10-6-4-5-9(12)11(10)14-3/h4-6,8,13H,7H2,1-3H3. The number of hydrogen-bond donors (Lipinski definition) is 1. The summed E-state index contributed by atoms with van der Waals surface area (Å²) < 4.78 is 5.21. The van der Waals surface area contributed by atoms with Gasteiger partial charge in [0.1, 0.15) is 0 Å². The number of ether oxygens (including phenoxy) is 1. The van der Waals surface area contributed by atoms with Crippen LogP contribution in [0.3, 0.4) is 0 Å². The van der Waals surface area contributed by atoms with E-state index in [0.29, 0.717) is 10.9 Å². The van der Waals surface area contributed by atoms with Crippen LogP contribution in [0.5, 0.6) is 5.75 Å². The molecule has 14 heavy (non-hydrogen) atoms. The number of halogens is 1. The first kappa shape index (κ1) is 11.2. The molecule has 0 spiro atoms. The van der Waals surface area contributed by atoms with Gasteiger partial charge in [0.05, 0.1) is 17.8 Å². The minimum Gasteiger partial charge on any atom is -0.493 e. The van der Waals surface area contributed by atoms with Gasteiger partial charge in [0.25, 0.3) is 0 Å². The molecule has 0 aliphatic rings. The molecule has 0 aliphatic heterocycles. The van der Waals surface area contributed by atoms with Crippen molar-refractivity contribution in [2.75, 3.05) is 19.0 Å². The Hall–Kier alpha value is -0.890. The van der Waals surface area contributed by atoms with Gasteiger partial charge in [0.2, 0.25) is 0 Å². The first-order chi connectivity index (χ1) is 6.65. The van der Waals surface area contributed by atoms with Gasteiger partial charge in [-0.1, -0.05) is 31.5 Å². The van der Waals surface area contributed by atoms with Crippen molar-refractivity contribution in [2.24, 2.45) is 5.92 Å². The molecule has 0 atom stereocenters. The predicted molar refractivity (Wildman–Crippen MR) is 61.3 cm³/mol. The first-order valence-electron chi connectivity index (χ1n) is 4.71. The normalized spacial score (nSPS) is 10.4. The van der Waals surface area contributed by atoms with Crippen LogP contribution in [0.15, 0.2) is 18.2 Å². The minimum absolute atomic E-state index is 0.596. The molecular formula is C11H16ClNO. The van der Waals surface area contributed by atoms with Gasteiger partial charge in [-0.05, 0) is 18.1 Å². The highest BCUT2D eigenvalue weighted by molar-refractivity contribution is 6.32. The van der Waals surface area contributed by atoms with Crippen LogP contribution in [0, 0.1) is 5.92 Å². The van der Waals surface area contributed by atoms with Crippen molar-refractivity contribution < 1.29 is 4.74 Å². The van der Waals surface area contributed by atoms with Crippen LogP contribution in [-0.4, -0.2) is 13.7 Å². The Balaban J connectivity index is 2.80. The van der Waals surface area contributed by atoms with Crippen LogP contribution < -0.4 is 10.1 Å². The average Bonchev–Trinajstić information content (AvgIpc) is 2.14. The summed E-state index contributed by atoms with van der Waals surface area (Å²) in [5, 5.41) is 3.94. The van der Waals surface area contributed by atoms with Gasteiger partial charge in [0, 0.05) is 6.54 Å². The lowest BCUT2D eigenvalue weighted by molar-refractivity contribution is 0.416. The maximum atomic E-state index is 5.98. The lowest BCUT2D eigenvalue weighted by Gasteiger charge is -2.13. The highest BCUT2D eigenvalue weighted by Crippen LogP contribution is 2.32. The van der Waals surface area contributed by atoms with Crippen molar-refractivity contribution in [1.82, 2.24) is 0 Å².